The van der Waals surface area contributed by atoms with Gasteiger partial charge in [-0.2, -0.15) is 0 Å². The first-order valence-corrected chi connectivity index (χ1v) is 9.82. The summed E-state index contributed by atoms with van der Waals surface area (Å²) in [4.78, 5) is 38.9. The van der Waals surface area contributed by atoms with E-state index in [1.54, 1.807) is 6.07 Å². The van der Waals surface area contributed by atoms with Crippen LogP contribution < -0.4 is 10.6 Å². The quantitative estimate of drug-likeness (QED) is 0.530. The molecule has 27 heavy (non-hydrogen) atoms. The molecule has 0 aromatic heterocycles. The van der Waals surface area contributed by atoms with Gasteiger partial charge in [-0.05, 0) is 58.7 Å². The number of carbonyl (C=O) groups excluding carboxylic acids is 3. The third-order valence-electron chi connectivity index (χ3n) is 5.13. The minimum absolute atomic E-state index is 0.293. The van der Waals surface area contributed by atoms with Gasteiger partial charge in [-0.25, -0.2) is 4.79 Å². The fraction of sp³-hybridized carbons (Fsp3) is 0.250. The molecule has 2 aromatic carbocycles. The molecule has 0 bridgehead atoms. The van der Waals surface area contributed by atoms with Crippen LogP contribution in [0.1, 0.15) is 17.5 Å². The number of hydrogen-bond donors (Lipinski definition) is 2. The molecule has 1 atom stereocenters. The highest BCUT2D eigenvalue weighted by Crippen LogP contribution is 2.33. The summed E-state index contributed by atoms with van der Waals surface area (Å²) < 4.78 is 0.890. The standard InChI is InChI=1S/C20H18IN3O3/c21-15-7-3-4-8-16(15)22-17(25)12-24-18(26)20(23-19(24)27)10-9-13-5-1-2-6-14(13)11-20/h1-8H,9-12H2,(H,22,25)(H,23,27). The maximum Gasteiger partial charge on any atom is 0.325 e. The molecule has 1 saturated heterocycles. The molecule has 1 heterocycles. The van der Waals surface area contributed by atoms with Crippen molar-refractivity contribution in [2.24, 2.45) is 0 Å². The number of para-hydroxylation sites is 1. The van der Waals surface area contributed by atoms with Crippen LogP contribution in [0.2, 0.25) is 0 Å². The number of nitrogens with one attached hydrogen (secondary N) is 2. The second-order valence-corrected chi connectivity index (χ2v) is 8.04. The SMILES string of the molecule is O=C(CN1C(=O)NC2(CCc3ccccc3C2)C1=O)Nc1ccccc1I. The van der Waals surface area contributed by atoms with Crippen LogP contribution in [0.3, 0.4) is 0 Å². The zero-order valence-electron chi connectivity index (χ0n) is 14.5. The number of amides is 4. The Kier molecular flexibility index (Phi) is 4.63. The lowest BCUT2D eigenvalue weighted by Crippen LogP contribution is -2.51. The average molecular weight is 475 g/mol. The fourth-order valence-corrected chi connectivity index (χ4v) is 4.26. The number of aryl methyl sites for hydroxylation is 1. The highest BCUT2D eigenvalue weighted by molar-refractivity contribution is 14.1. The second-order valence-electron chi connectivity index (χ2n) is 6.88. The minimum Gasteiger partial charge on any atom is -0.324 e. The highest BCUT2D eigenvalue weighted by atomic mass is 127. The molecule has 1 spiro atoms. The van der Waals surface area contributed by atoms with Gasteiger partial charge in [0.15, 0.2) is 0 Å². The molecule has 4 rings (SSSR count). The Morgan fingerprint density at radius 1 is 1.11 bits per heavy atom. The van der Waals surface area contributed by atoms with Crippen molar-refractivity contribution in [1.82, 2.24) is 10.2 Å². The van der Waals surface area contributed by atoms with Crippen LogP contribution in [0.25, 0.3) is 0 Å². The Morgan fingerprint density at radius 2 is 1.81 bits per heavy atom. The van der Waals surface area contributed by atoms with E-state index in [0.29, 0.717) is 18.5 Å². The number of rotatable bonds is 3. The van der Waals surface area contributed by atoms with Gasteiger partial charge in [0.2, 0.25) is 5.91 Å². The number of carbonyl (C=O) groups is 3. The number of benzene rings is 2. The van der Waals surface area contributed by atoms with E-state index >= 15 is 0 Å². The fourth-order valence-electron chi connectivity index (χ4n) is 3.74. The van der Waals surface area contributed by atoms with E-state index in [1.807, 2.05) is 36.4 Å². The molecule has 1 fully saturated rings. The van der Waals surface area contributed by atoms with Crippen LogP contribution in [0.5, 0.6) is 0 Å². The third-order valence-corrected chi connectivity index (χ3v) is 6.07. The lowest BCUT2D eigenvalue weighted by Gasteiger charge is -2.32. The van der Waals surface area contributed by atoms with Crippen molar-refractivity contribution in [2.75, 3.05) is 11.9 Å². The van der Waals surface area contributed by atoms with Gasteiger partial charge >= 0.3 is 6.03 Å². The number of nitrogens with zero attached hydrogens (tertiary/aromatic N) is 1. The van der Waals surface area contributed by atoms with Gasteiger partial charge in [-0.1, -0.05) is 36.4 Å². The summed E-state index contributed by atoms with van der Waals surface area (Å²) in [6.07, 6.45) is 1.73. The predicted octanol–water partition coefficient (Wildman–Crippen LogP) is 2.71. The summed E-state index contributed by atoms with van der Waals surface area (Å²) in [5.74, 6) is -0.712. The maximum atomic E-state index is 13.0. The van der Waals surface area contributed by atoms with Gasteiger partial charge in [0.25, 0.3) is 5.91 Å². The van der Waals surface area contributed by atoms with Crippen molar-refractivity contribution >= 4 is 46.1 Å². The zero-order chi connectivity index (χ0) is 19.0. The molecular formula is C20H18IN3O3. The number of fused-ring (bicyclic) bond motifs is 1. The van der Waals surface area contributed by atoms with Crippen molar-refractivity contribution in [3.63, 3.8) is 0 Å². The normalized spacial score (nSPS) is 21.1. The first-order valence-electron chi connectivity index (χ1n) is 8.74. The van der Waals surface area contributed by atoms with Gasteiger partial charge in [0.1, 0.15) is 12.1 Å². The Labute approximate surface area is 170 Å². The van der Waals surface area contributed by atoms with E-state index in [9.17, 15) is 14.4 Å². The molecule has 0 radical (unpaired) electrons. The first-order chi connectivity index (χ1) is 13.0. The van der Waals surface area contributed by atoms with Crippen LogP contribution in [0.4, 0.5) is 10.5 Å². The van der Waals surface area contributed by atoms with Gasteiger partial charge in [0.05, 0.1) is 5.69 Å². The number of anilines is 1. The number of hydrogen-bond acceptors (Lipinski definition) is 3. The lowest BCUT2D eigenvalue weighted by molar-refractivity contribution is -0.134. The van der Waals surface area contributed by atoms with Crippen molar-refractivity contribution in [3.05, 3.63) is 63.2 Å². The predicted molar refractivity (Wildman–Crippen MR) is 109 cm³/mol. The molecule has 7 heteroatoms. The summed E-state index contributed by atoms with van der Waals surface area (Å²) in [5.41, 5.74) is 2.01. The van der Waals surface area contributed by atoms with E-state index in [-0.39, 0.29) is 12.5 Å². The van der Waals surface area contributed by atoms with E-state index in [0.717, 1.165) is 20.5 Å². The van der Waals surface area contributed by atoms with Crippen molar-refractivity contribution in [2.45, 2.75) is 24.8 Å². The van der Waals surface area contributed by atoms with Crippen LogP contribution in [-0.2, 0) is 22.4 Å². The topological polar surface area (TPSA) is 78.5 Å². The van der Waals surface area contributed by atoms with Crippen molar-refractivity contribution in [3.8, 4) is 0 Å². The van der Waals surface area contributed by atoms with E-state index in [2.05, 4.69) is 39.3 Å². The van der Waals surface area contributed by atoms with Crippen molar-refractivity contribution in [1.29, 1.82) is 0 Å². The molecule has 4 amide bonds. The zero-order valence-corrected chi connectivity index (χ0v) is 16.7. The van der Waals surface area contributed by atoms with E-state index in [1.165, 1.54) is 5.56 Å². The molecule has 1 unspecified atom stereocenters. The Hall–Kier alpha value is -2.42. The van der Waals surface area contributed by atoms with E-state index < -0.39 is 17.5 Å². The number of urea groups is 1. The molecule has 2 aliphatic rings. The molecule has 1 aliphatic heterocycles. The number of imide groups is 1. The molecule has 6 nitrogen and oxygen atoms in total. The lowest BCUT2D eigenvalue weighted by atomic mass is 9.78. The smallest absolute Gasteiger partial charge is 0.324 e. The van der Waals surface area contributed by atoms with Crippen molar-refractivity contribution < 1.29 is 14.4 Å². The third kappa shape index (κ3) is 3.31. The maximum absolute atomic E-state index is 13.0. The Bertz CT molecular complexity index is 946. The average Bonchev–Trinajstić information content (AvgIpc) is 2.87. The summed E-state index contributed by atoms with van der Waals surface area (Å²) in [5, 5.41) is 5.61. The van der Waals surface area contributed by atoms with Gasteiger partial charge in [-0.3, -0.25) is 14.5 Å². The summed E-state index contributed by atoms with van der Waals surface area (Å²) in [6.45, 7) is -0.293. The second kappa shape index (κ2) is 6.95. The number of halogens is 1. The monoisotopic (exact) mass is 475 g/mol. The molecule has 0 saturated carbocycles. The van der Waals surface area contributed by atoms with Gasteiger partial charge in [-0.15, -0.1) is 0 Å². The summed E-state index contributed by atoms with van der Waals surface area (Å²) >= 11 is 2.12. The minimum atomic E-state index is -0.938. The van der Waals surface area contributed by atoms with Crippen LogP contribution >= 0.6 is 22.6 Å². The summed E-state index contributed by atoms with van der Waals surface area (Å²) in [6, 6.07) is 14.8. The molecule has 138 valence electrons. The highest BCUT2D eigenvalue weighted by Gasteiger charge is 2.52. The molecule has 2 aromatic rings. The van der Waals surface area contributed by atoms with Gasteiger partial charge in [0, 0.05) is 9.99 Å². The molecule has 1 aliphatic carbocycles. The van der Waals surface area contributed by atoms with Crippen LogP contribution in [-0.4, -0.2) is 34.8 Å². The molecule has 2 N–H and O–H groups in total. The largest absolute Gasteiger partial charge is 0.325 e. The Morgan fingerprint density at radius 3 is 2.59 bits per heavy atom. The molecular weight excluding hydrogens is 457 g/mol. The summed E-state index contributed by atoms with van der Waals surface area (Å²) in [7, 11) is 0. The van der Waals surface area contributed by atoms with E-state index in [4.69, 9.17) is 0 Å². The van der Waals surface area contributed by atoms with Gasteiger partial charge < -0.3 is 10.6 Å². The van der Waals surface area contributed by atoms with Crippen LogP contribution in [0.15, 0.2) is 48.5 Å². The van der Waals surface area contributed by atoms with Crippen LogP contribution in [0, 0.1) is 3.57 Å². The first kappa shape index (κ1) is 18.0. The Balaban J connectivity index is 1.49.